The molecule has 0 amide bonds. The first-order chi connectivity index (χ1) is 8.35. The van der Waals surface area contributed by atoms with E-state index in [9.17, 15) is 4.79 Å². The second-order valence-electron chi connectivity index (χ2n) is 5.06. The summed E-state index contributed by atoms with van der Waals surface area (Å²) in [6.45, 7) is 5.51. The van der Waals surface area contributed by atoms with E-state index in [2.05, 4.69) is 20.9 Å². The zero-order valence-electron chi connectivity index (χ0n) is 10.5. The van der Waals surface area contributed by atoms with Crippen molar-refractivity contribution in [1.29, 1.82) is 0 Å². The molecule has 0 radical (unpaired) electrons. The van der Waals surface area contributed by atoms with Gasteiger partial charge in [0.15, 0.2) is 0 Å². The zero-order chi connectivity index (χ0) is 13.3. The van der Waals surface area contributed by atoms with E-state index in [4.69, 9.17) is 4.74 Å². The lowest BCUT2D eigenvalue weighted by atomic mass is 10.1. The molecule has 2 rings (SSSR count). The fourth-order valence-corrected chi connectivity index (χ4v) is 1.93. The average Bonchev–Trinajstić information content (AvgIpc) is 2.25. The number of benzene rings is 1. The van der Waals surface area contributed by atoms with Crippen molar-refractivity contribution < 1.29 is 9.53 Å². The summed E-state index contributed by atoms with van der Waals surface area (Å²) in [5, 5.41) is 1.95. The highest BCUT2D eigenvalue weighted by Gasteiger charge is 2.18. The number of nitrogens with zero attached hydrogens (tertiary/aromatic N) is 1. The zero-order valence-corrected chi connectivity index (χ0v) is 12.1. The first kappa shape index (κ1) is 13.0. The lowest BCUT2D eigenvalue weighted by Gasteiger charge is -2.19. The molecule has 18 heavy (non-hydrogen) atoms. The Kier molecular flexibility index (Phi) is 3.39. The second kappa shape index (κ2) is 4.69. The van der Waals surface area contributed by atoms with Gasteiger partial charge in [-0.05, 0) is 44.4 Å². The molecule has 2 aromatic rings. The summed E-state index contributed by atoms with van der Waals surface area (Å²) in [7, 11) is 0. The van der Waals surface area contributed by atoms with E-state index in [-0.39, 0.29) is 0 Å². The largest absolute Gasteiger partial charge is 0.455 e. The number of ether oxygens (including phenoxy) is 1. The fourth-order valence-electron chi connectivity index (χ4n) is 1.55. The minimum Gasteiger partial charge on any atom is -0.455 e. The molecule has 94 valence electrons. The minimum absolute atomic E-state index is 0.329. The number of hydrogen-bond acceptors (Lipinski definition) is 3. The molecule has 0 saturated carbocycles. The standard InChI is InChI=1S/C14H14BrNO2/c1-14(2,3)18-13(17)12-7-10-6-11(15)5-4-9(10)8-16-12/h4-8H,1-3H3. The summed E-state index contributed by atoms with van der Waals surface area (Å²) < 4.78 is 6.26. The van der Waals surface area contributed by atoms with Crippen LogP contribution in [0, 0.1) is 0 Å². The van der Waals surface area contributed by atoms with Crippen molar-refractivity contribution in [2.45, 2.75) is 26.4 Å². The van der Waals surface area contributed by atoms with Crippen LogP contribution in [0.5, 0.6) is 0 Å². The van der Waals surface area contributed by atoms with Crippen molar-refractivity contribution in [2.75, 3.05) is 0 Å². The molecule has 0 atom stereocenters. The van der Waals surface area contributed by atoms with Crippen molar-refractivity contribution in [3.63, 3.8) is 0 Å². The van der Waals surface area contributed by atoms with Gasteiger partial charge in [-0.1, -0.05) is 22.0 Å². The summed E-state index contributed by atoms with van der Waals surface area (Å²) in [6.07, 6.45) is 1.68. The fraction of sp³-hybridized carbons (Fsp3) is 0.286. The second-order valence-corrected chi connectivity index (χ2v) is 5.98. The SMILES string of the molecule is CC(C)(C)OC(=O)c1cc2cc(Br)ccc2cn1. The number of halogens is 1. The molecule has 4 heteroatoms. The summed E-state index contributed by atoms with van der Waals surface area (Å²) in [6, 6.07) is 7.58. The predicted molar refractivity (Wildman–Crippen MR) is 74.6 cm³/mol. The Morgan fingerprint density at radius 1 is 1.22 bits per heavy atom. The lowest BCUT2D eigenvalue weighted by Crippen LogP contribution is -2.24. The number of pyridine rings is 1. The van der Waals surface area contributed by atoms with Crippen LogP contribution in [0.2, 0.25) is 0 Å². The molecule has 0 unspecified atom stereocenters. The van der Waals surface area contributed by atoms with Crippen LogP contribution in [0.15, 0.2) is 34.9 Å². The first-order valence-electron chi connectivity index (χ1n) is 5.64. The van der Waals surface area contributed by atoms with Crippen LogP contribution in [-0.4, -0.2) is 16.6 Å². The quantitative estimate of drug-likeness (QED) is 0.749. The number of hydrogen-bond donors (Lipinski definition) is 0. The van der Waals surface area contributed by atoms with E-state index in [1.165, 1.54) is 0 Å². The Morgan fingerprint density at radius 2 is 1.94 bits per heavy atom. The molecule has 3 nitrogen and oxygen atoms in total. The third-order valence-corrected chi connectivity index (χ3v) is 2.79. The van der Waals surface area contributed by atoms with Crippen molar-refractivity contribution in [3.05, 3.63) is 40.6 Å². The molecule has 0 aliphatic rings. The third kappa shape index (κ3) is 3.07. The van der Waals surface area contributed by atoms with Crippen LogP contribution < -0.4 is 0 Å². The van der Waals surface area contributed by atoms with Gasteiger partial charge in [-0.2, -0.15) is 0 Å². The van der Waals surface area contributed by atoms with E-state index in [1.807, 2.05) is 39.0 Å². The Hall–Kier alpha value is -1.42. The van der Waals surface area contributed by atoms with Crippen molar-refractivity contribution in [1.82, 2.24) is 4.98 Å². The molecular weight excluding hydrogens is 294 g/mol. The molecule has 0 bridgehead atoms. The Morgan fingerprint density at radius 3 is 2.61 bits per heavy atom. The number of carbonyl (C=O) groups is 1. The molecule has 0 saturated heterocycles. The first-order valence-corrected chi connectivity index (χ1v) is 6.43. The average molecular weight is 308 g/mol. The summed E-state index contributed by atoms with van der Waals surface area (Å²) >= 11 is 3.41. The Labute approximate surface area is 114 Å². The molecule has 1 aromatic heterocycles. The molecule has 1 aromatic carbocycles. The van der Waals surface area contributed by atoms with E-state index < -0.39 is 11.6 Å². The lowest BCUT2D eigenvalue weighted by molar-refractivity contribution is 0.00631. The van der Waals surface area contributed by atoms with E-state index >= 15 is 0 Å². The molecule has 0 N–H and O–H groups in total. The van der Waals surface area contributed by atoms with Gasteiger partial charge in [-0.25, -0.2) is 9.78 Å². The monoisotopic (exact) mass is 307 g/mol. The number of carbonyl (C=O) groups excluding carboxylic acids is 1. The van der Waals surface area contributed by atoms with Gasteiger partial charge in [0.25, 0.3) is 0 Å². The predicted octanol–water partition coefficient (Wildman–Crippen LogP) is 3.95. The van der Waals surface area contributed by atoms with Crippen LogP contribution in [0.1, 0.15) is 31.3 Å². The molecule has 0 fully saturated rings. The van der Waals surface area contributed by atoms with Crippen LogP contribution in [0.3, 0.4) is 0 Å². The van der Waals surface area contributed by atoms with Gasteiger partial charge in [0.05, 0.1) is 0 Å². The van der Waals surface area contributed by atoms with Gasteiger partial charge in [-0.3, -0.25) is 0 Å². The third-order valence-electron chi connectivity index (χ3n) is 2.29. The molecular formula is C14H14BrNO2. The van der Waals surface area contributed by atoms with E-state index in [1.54, 1.807) is 12.3 Å². The number of fused-ring (bicyclic) bond motifs is 1. The topological polar surface area (TPSA) is 39.2 Å². The van der Waals surface area contributed by atoms with Crippen LogP contribution in [-0.2, 0) is 4.74 Å². The van der Waals surface area contributed by atoms with Crippen molar-refractivity contribution in [3.8, 4) is 0 Å². The van der Waals surface area contributed by atoms with Crippen LogP contribution >= 0.6 is 15.9 Å². The minimum atomic E-state index is -0.509. The summed E-state index contributed by atoms with van der Waals surface area (Å²) in [5.41, 5.74) is -0.180. The van der Waals surface area contributed by atoms with E-state index in [0.717, 1.165) is 15.2 Å². The van der Waals surface area contributed by atoms with Gasteiger partial charge in [0.1, 0.15) is 11.3 Å². The van der Waals surface area contributed by atoms with E-state index in [0.29, 0.717) is 5.69 Å². The van der Waals surface area contributed by atoms with Gasteiger partial charge in [0, 0.05) is 16.1 Å². The maximum absolute atomic E-state index is 11.9. The van der Waals surface area contributed by atoms with Gasteiger partial charge >= 0.3 is 5.97 Å². The van der Waals surface area contributed by atoms with Crippen LogP contribution in [0.25, 0.3) is 10.8 Å². The Balaban J connectivity index is 2.37. The van der Waals surface area contributed by atoms with Crippen molar-refractivity contribution >= 4 is 32.7 Å². The maximum atomic E-state index is 11.9. The number of esters is 1. The smallest absolute Gasteiger partial charge is 0.357 e. The summed E-state index contributed by atoms with van der Waals surface area (Å²) in [4.78, 5) is 16.0. The molecule has 1 heterocycles. The molecule has 0 aliphatic heterocycles. The molecule has 0 spiro atoms. The molecule has 0 aliphatic carbocycles. The Bertz CT molecular complexity index is 602. The highest BCUT2D eigenvalue weighted by atomic mass is 79.9. The maximum Gasteiger partial charge on any atom is 0.357 e. The number of aromatic nitrogens is 1. The highest BCUT2D eigenvalue weighted by molar-refractivity contribution is 9.10. The number of rotatable bonds is 1. The van der Waals surface area contributed by atoms with Gasteiger partial charge in [0.2, 0.25) is 0 Å². The van der Waals surface area contributed by atoms with Gasteiger partial charge < -0.3 is 4.74 Å². The van der Waals surface area contributed by atoms with Crippen molar-refractivity contribution in [2.24, 2.45) is 0 Å². The van der Waals surface area contributed by atoms with Crippen LogP contribution in [0.4, 0.5) is 0 Å². The highest BCUT2D eigenvalue weighted by Crippen LogP contribution is 2.20. The normalized spacial score (nSPS) is 11.6. The van der Waals surface area contributed by atoms with Gasteiger partial charge in [-0.15, -0.1) is 0 Å². The summed E-state index contributed by atoms with van der Waals surface area (Å²) in [5.74, 6) is -0.399.